The van der Waals surface area contributed by atoms with Gasteiger partial charge in [0.1, 0.15) is 0 Å². The molecule has 0 bridgehead atoms. The van der Waals surface area contributed by atoms with Crippen LogP contribution >= 0.6 is 0 Å². The Balaban J connectivity index is 1.36. The number of nitrogens with one attached hydrogen (secondary N) is 1. The maximum atomic E-state index is 12.8. The molecule has 0 spiro atoms. The monoisotopic (exact) mass is 377 g/mol. The third kappa shape index (κ3) is 4.08. The smallest absolute Gasteiger partial charge is 0.225 e. The van der Waals surface area contributed by atoms with E-state index in [1.807, 2.05) is 19.1 Å². The first kappa shape index (κ1) is 18.7. The number of likely N-dealkylation sites (tertiary alicyclic amines) is 1. The third-order valence-electron chi connectivity index (χ3n) is 5.94. The maximum Gasteiger partial charge on any atom is 0.225 e. The molecule has 4 rings (SSSR count). The van der Waals surface area contributed by atoms with Gasteiger partial charge in [-0.1, -0.05) is 18.2 Å². The first-order valence-corrected chi connectivity index (χ1v) is 10.2. The summed E-state index contributed by atoms with van der Waals surface area (Å²) in [6, 6.07) is 10.3. The fourth-order valence-corrected chi connectivity index (χ4v) is 4.25. The number of amides is 2. The normalized spacial score (nSPS) is 20.0. The quantitative estimate of drug-likeness (QED) is 0.870. The minimum Gasteiger partial charge on any atom is -0.349 e. The number of aryl methyl sites for hydroxylation is 2. The van der Waals surface area contributed by atoms with Gasteiger partial charge in [0.2, 0.25) is 11.8 Å². The van der Waals surface area contributed by atoms with E-state index < -0.39 is 0 Å². The van der Waals surface area contributed by atoms with Gasteiger partial charge in [-0.05, 0) is 67.0 Å². The van der Waals surface area contributed by atoms with Crippen LogP contribution in [0.4, 0.5) is 0 Å². The summed E-state index contributed by atoms with van der Waals surface area (Å²) in [6.45, 7) is 3.03. The Kier molecular flexibility index (Phi) is 5.42. The molecular weight excluding hydrogens is 350 g/mol. The van der Waals surface area contributed by atoms with E-state index in [1.165, 1.54) is 24.0 Å². The summed E-state index contributed by atoms with van der Waals surface area (Å²) in [7, 11) is 0. The van der Waals surface area contributed by atoms with Crippen LogP contribution in [-0.4, -0.2) is 28.2 Å². The van der Waals surface area contributed by atoms with Crippen LogP contribution in [0.2, 0.25) is 0 Å². The highest BCUT2D eigenvalue weighted by Gasteiger charge is 2.34. The van der Waals surface area contributed by atoms with Crippen LogP contribution in [0.25, 0.3) is 0 Å². The molecule has 2 amide bonds. The van der Waals surface area contributed by atoms with Crippen molar-refractivity contribution in [2.24, 2.45) is 5.92 Å². The topological polar surface area (TPSA) is 62.3 Å². The molecule has 28 heavy (non-hydrogen) atoms. The zero-order valence-electron chi connectivity index (χ0n) is 16.4. The Labute approximate surface area is 166 Å². The van der Waals surface area contributed by atoms with Crippen molar-refractivity contribution in [2.75, 3.05) is 6.54 Å². The second kappa shape index (κ2) is 8.13. The van der Waals surface area contributed by atoms with Crippen molar-refractivity contribution < 1.29 is 9.59 Å². The lowest BCUT2D eigenvalue weighted by atomic mass is 9.89. The van der Waals surface area contributed by atoms with Crippen molar-refractivity contribution in [1.82, 2.24) is 15.2 Å². The number of nitrogens with zero attached hydrogens (tertiary/aromatic N) is 2. The number of carbonyl (C=O) groups is 2. The Hall–Kier alpha value is -2.69. The molecule has 0 radical (unpaired) electrons. The predicted octanol–water partition coefficient (Wildman–Crippen LogP) is 3.19. The van der Waals surface area contributed by atoms with Crippen LogP contribution in [-0.2, 0) is 29.0 Å². The fourth-order valence-electron chi connectivity index (χ4n) is 4.25. The summed E-state index contributed by atoms with van der Waals surface area (Å²) >= 11 is 0. The molecule has 146 valence electrons. The zero-order chi connectivity index (χ0) is 19.5. The lowest BCUT2D eigenvalue weighted by Gasteiger charge is -2.21. The average molecular weight is 377 g/mol. The zero-order valence-corrected chi connectivity index (χ0v) is 16.4. The van der Waals surface area contributed by atoms with E-state index in [0.717, 1.165) is 24.0 Å². The highest BCUT2D eigenvalue weighted by molar-refractivity contribution is 5.89. The van der Waals surface area contributed by atoms with E-state index in [2.05, 4.69) is 28.5 Å². The van der Waals surface area contributed by atoms with Gasteiger partial charge in [0.25, 0.3) is 0 Å². The Morgan fingerprint density at radius 3 is 2.71 bits per heavy atom. The van der Waals surface area contributed by atoms with E-state index >= 15 is 0 Å². The summed E-state index contributed by atoms with van der Waals surface area (Å²) in [5.74, 6) is -0.274. The Morgan fingerprint density at radius 1 is 1.18 bits per heavy atom. The number of rotatable bonds is 5. The molecule has 1 aromatic heterocycles. The third-order valence-corrected chi connectivity index (χ3v) is 5.94. The minimum atomic E-state index is -0.283. The summed E-state index contributed by atoms with van der Waals surface area (Å²) < 4.78 is 0. The van der Waals surface area contributed by atoms with Gasteiger partial charge in [-0.15, -0.1) is 0 Å². The lowest BCUT2D eigenvalue weighted by Crippen LogP contribution is -2.34. The van der Waals surface area contributed by atoms with Gasteiger partial charge in [-0.2, -0.15) is 0 Å². The van der Waals surface area contributed by atoms with Gasteiger partial charge < -0.3 is 10.2 Å². The molecular formula is C23H27N3O2. The first-order chi connectivity index (χ1) is 13.6. The molecule has 2 aromatic rings. The van der Waals surface area contributed by atoms with Crippen LogP contribution in [0.15, 0.2) is 42.7 Å². The largest absolute Gasteiger partial charge is 0.349 e. The van der Waals surface area contributed by atoms with Crippen molar-refractivity contribution in [2.45, 2.75) is 51.6 Å². The highest BCUT2D eigenvalue weighted by atomic mass is 16.2. The molecule has 0 saturated carbocycles. The van der Waals surface area contributed by atoms with Gasteiger partial charge in [0, 0.05) is 31.9 Å². The molecule has 1 saturated heterocycles. The van der Waals surface area contributed by atoms with E-state index in [9.17, 15) is 9.59 Å². The number of hydrogen-bond acceptors (Lipinski definition) is 3. The lowest BCUT2D eigenvalue weighted by molar-refractivity contribution is -0.129. The molecule has 1 N–H and O–H groups in total. The molecule has 1 aliphatic carbocycles. The molecule has 1 fully saturated rings. The number of carbonyl (C=O) groups excluding carboxylic acids is 2. The fraction of sp³-hybridized carbons (Fsp3) is 0.435. The second-order valence-electron chi connectivity index (χ2n) is 8.00. The standard InChI is InChI=1S/C23H27N3O2/c1-16(19-7-6-18-4-2-3-5-20(18)12-19)25-23(28)21-13-22(27)26(15-21)14-17-8-10-24-11-9-17/h6-12,16,21H,2-5,13-15H2,1H3,(H,25,28). The summed E-state index contributed by atoms with van der Waals surface area (Å²) in [6.07, 6.45) is 8.53. The molecule has 1 aromatic carbocycles. The van der Waals surface area contributed by atoms with Crippen molar-refractivity contribution in [3.63, 3.8) is 0 Å². The minimum absolute atomic E-state index is 0.0317. The maximum absolute atomic E-state index is 12.8. The number of hydrogen-bond donors (Lipinski definition) is 1. The van der Waals surface area contributed by atoms with Crippen molar-refractivity contribution >= 4 is 11.8 Å². The van der Waals surface area contributed by atoms with Gasteiger partial charge in [-0.3, -0.25) is 14.6 Å². The number of aromatic nitrogens is 1. The van der Waals surface area contributed by atoms with Crippen LogP contribution in [0, 0.1) is 5.92 Å². The first-order valence-electron chi connectivity index (χ1n) is 10.2. The van der Waals surface area contributed by atoms with E-state index in [1.54, 1.807) is 17.3 Å². The van der Waals surface area contributed by atoms with Crippen molar-refractivity contribution in [3.8, 4) is 0 Å². The number of fused-ring (bicyclic) bond motifs is 1. The van der Waals surface area contributed by atoms with E-state index in [-0.39, 0.29) is 30.2 Å². The molecule has 2 atom stereocenters. The van der Waals surface area contributed by atoms with E-state index in [0.29, 0.717) is 13.1 Å². The Morgan fingerprint density at radius 2 is 1.93 bits per heavy atom. The molecule has 2 unspecified atom stereocenters. The molecule has 1 aliphatic heterocycles. The van der Waals surface area contributed by atoms with Gasteiger partial charge >= 0.3 is 0 Å². The van der Waals surface area contributed by atoms with Gasteiger partial charge in [-0.25, -0.2) is 0 Å². The molecule has 2 heterocycles. The summed E-state index contributed by atoms with van der Waals surface area (Å²) in [4.78, 5) is 30.9. The van der Waals surface area contributed by atoms with Gasteiger partial charge in [0.05, 0.1) is 12.0 Å². The van der Waals surface area contributed by atoms with Crippen molar-refractivity contribution in [3.05, 3.63) is 65.0 Å². The summed E-state index contributed by atoms with van der Waals surface area (Å²) in [5.41, 5.74) is 5.05. The summed E-state index contributed by atoms with van der Waals surface area (Å²) in [5, 5.41) is 3.12. The highest BCUT2D eigenvalue weighted by Crippen LogP contribution is 2.26. The SMILES string of the molecule is CC(NC(=O)C1CC(=O)N(Cc2ccncc2)C1)c1ccc2c(c1)CCCC2. The van der Waals surface area contributed by atoms with Crippen LogP contribution in [0.1, 0.15) is 54.5 Å². The second-order valence-corrected chi connectivity index (χ2v) is 8.00. The van der Waals surface area contributed by atoms with Gasteiger partial charge in [0.15, 0.2) is 0 Å². The van der Waals surface area contributed by atoms with Crippen LogP contribution < -0.4 is 5.32 Å². The van der Waals surface area contributed by atoms with Crippen LogP contribution in [0.3, 0.4) is 0 Å². The molecule has 5 heteroatoms. The Bertz CT molecular complexity index is 865. The van der Waals surface area contributed by atoms with Crippen molar-refractivity contribution in [1.29, 1.82) is 0 Å². The number of benzene rings is 1. The molecule has 5 nitrogen and oxygen atoms in total. The van der Waals surface area contributed by atoms with E-state index in [4.69, 9.17) is 0 Å². The predicted molar refractivity (Wildman–Crippen MR) is 107 cm³/mol. The number of pyridine rings is 1. The molecule has 2 aliphatic rings. The van der Waals surface area contributed by atoms with Crippen LogP contribution in [0.5, 0.6) is 0 Å². The average Bonchev–Trinajstić information content (AvgIpc) is 3.09.